The molecule has 4 heteroatoms. The van der Waals surface area contributed by atoms with E-state index in [-0.39, 0.29) is 10.8 Å². The Morgan fingerprint density at radius 2 is 1.83 bits per heavy atom. The maximum Gasteiger partial charge on any atom is 0.128 e. The molecule has 0 amide bonds. The molecule has 100 valence electrons. The van der Waals surface area contributed by atoms with Gasteiger partial charge < -0.3 is 9.84 Å². The van der Waals surface area contributed by atoms with E-state index < -0.39 is 16.8 Å². The largest absolute Gasteiger partial charge is 0.512 e. The van der Waals surface area contributed by atoms with Gasteiger partial charge in [-0.05, 0) is 39.8 Å². The van der Waals surface area contributed by atoms with Crippen molar-refractivity contribution >= 4 is 11.6 Å². The SMILES string of the molecule is C=C(O)C(C)(C)C(C)(C)Oc1cc(F)cc(Cl)c1. The second-order valence-electron chi connectivity index (χ2n) is 5.29. The number of aliphatic hydroxyl groups is 1. The smallest absolute Gasteiger partial charge is 0.128 e. The monoisotopic (exact) mass is 272 g/mol. The van der Waals surface area contributed by atoms with E-state index in [2.05, 4.69) is 6.58 Å². The molecule has 0 spiro atoms. The highest BCUT2D eigenvalue weighted by molar-refractivity contribution is 6.30. The van der Waals surface area contributed by atoms with E-state index in [0.717, 1.165) is 0 Å². The Morgan fingerprint density at radius 3 is 2.28 bits per heavy atom. The van der Waals surface area contributed by atoms with Crippen LogP contribution >= 0.6 is 11.6 Å². The molecule has 0 unspecified atom stereocenters. The van der Waals surface area contributed by atoms with Gasteiger partial charge in [-0.15, -0.1) is 0 Å². The van der Waals surface area contributed by atoms with Crippen molar-refractivity contribution in [3.8, 4) is 5.75 Å². The van der Waals surface area contributed by atoms with Gasteiger partial charge in [0, 0.05) is 11.1 Å². The van der Waals surface area contributed by atoms with Gasteiger partial charge in [-0.3, -0.25) is 0 Å². The summed E-state index contributed by atoms with van der Waals surface area (Å²) in [7, 11) is 0. The number of aliphatic hydroxyl groups excluding tert-OH is 1. The fourth-order valence-corrected chi connectivity index (χ4v) is 1.57. The summed E-state index contributed by atoms with van der Waals surface area (Å²) in [6, 6.07) is 3.99. The predicted molar refractivity (Wildman–Crippen MR) is 71.7 cm³/mol. The zero-order chi connectivity index (χ0) is 14.1. The zero-order valence-electron chi connectivity index (χ0n) is 11.1. The van der Waals surface area contributed by atoms with Crippen LogP contribution in [-0.2, 0) is 0 Å². The molecule has 18 heavy (non-hydrogen) atoms. The molecule has 0 saturated carbocycles. The summed E-state index contributed by atoms with van der Waals surface area (Å²) in [6.45, 7) is 10.7. The van der Waals surface area contributed by atoms with E-state index >= 15 is 0 Å². The summed E-state index contributed by atoms with van der Waals surface area (Å²) in [5, 5.41) is 9.89. The first-order chi connectivity index (χ1) is 8.06. The van der Waals surface area contributed by atoms with E-state index in [0.29, 0.717) is 5.75 Å². The van der Waals surface area contributed by atoms with Crippen molar-refractivity contribution in [3.63, 3.8) is 0 Å². The third kappa shape index (κ3) is 2.96. The van der Waals surface area contributed by atoms with Crippen LogP contribution in [0.5, 0.6) is 5.75 Å². The number of halogens is 2. The van der Waals surface area contributed by atoms with Crippen molar-refractivity contribution in [1.82, 2.24) is 0 Å². The van der Waals surface area contributed by atoms with E-state index in [1.807, 2.05) is 0 Å². The highest BCUT2D eigenvalue weighted by atomic mass is 35.5. The standard InChI is InChI=1S/C14H18ClFO2/c1-9(17)13(2,3)14(4,5)18-12-7-10(15)6-11(16)8-12/h6-8,17H,1H2,2-5H3. The van der Waals surface area contributed by atoms with Crippen LogP contribution in [0.3, 0.4) is 0 Å². The van der Waals surface area contributed by atoms with Crippen molar-refractivity contribution < 1.29 is 14.2 Å². The second kappa shape index (κ2) is 4.81. The first-order valence-electron chi connectivity index (χ1n) is 5.60. The van der Waals surface area contributed by atoms with Crippen LogP contribution in [0.4, 0.5) is 4.39 Å². The van der Waals surface area contributed by atoms with Gasteiger partial charge in [0.1, 0.15) is 17.2 Å². The third-order valence-corrected chi connectivity index (χ3v) is 3.65. The van der Waals surface area contributed by atoms with E-state index in [1.165, 1.54) is 18.2 Å². The van der Waals surface area contributed by atoms with Gasteiger partial charge in [0.25, 0.3) is 0 Å². The Morgan fingerprint density at radius 1 is 1.28 bits per heavy atom. The molecule has 1 aromatic rings. The first-order valence-corrected chi connectivity index (χ1v) is 5.97. The van der Waals surface area contributed by atoms with Gasteiger partial charge >= 0.3 is 0 Å². The minimum atomic E-state index is -0.768. The van der Waals surface area contributed by atoms with Crippen LogP contribution in [0.25, 0.3) is 0 Å². The summed E-state index contributed by atoms with van der Waals surface area (Å²) in [4.78, 5) is 0. The van der Waals surface area contributed by atoms with Crippen LogP contribution in [0.1, 0.15) is 27.7 Å². The van der Waals surface area contributed by atoms with Crippen LogP contribution in [0, 0.1) is 11.2 Å². The molecule has 1 aromatic carbocycles. The minimum absolute atomic E-state index is 0.00926. The number of benzene rings is 1. The van der Waals surface area contributed by atoms with Crippen LogP contribution in [0.2, 0.25) is 5.02 Å². The molecule has 0 bridgehead atoms. The molecule has 1 rings (SSSR count). The highest BCUT2D eigenvalue weighted by Gasteiger charge is 2.42. The molecule has 0 aliphatic heterocycles. The molecular formula is C14H18ClFO2. The first kappa shape index (κ1) is 14.8. The van der Waals surface area contributed by atoms with E-state index in [9.17, 15) is 9.50 Å². The quantitative estimate of drug-likeness (QED) is 0.803. The maximum atomic E-state index is 13.2. The van der Waals surface area contributed by atoms with Crippen molar-refractivity contribution in [2.24, 2.45) is 5.41 Å². The van der Waals surface area contributed by atoms with Crippen LogP contribution < -0.4 is 4.74 Å². The molecule has 0 radical (unpaired) electrons. The molecule has 0 heterocycles. The molecule has 0 aliphatic rings. The fourth-order valence-electron chi connectivity index (χ4n) is 1.36. The second-order valence-corrected chi connectivity index (χ2v) is 5.73. The molecule has 2 nitrogen and oxygen atoms in total. The van der Waals surface area contributed by atoms with Crippen LogP contribution in [0.15, 0.2) is 30.5 Å². The fraction of sp³-hybridized carbons (Fsp3) is 0.429. The average Bonchev–Trinajstić information content (AvgIpc) is 2.13. The lowest BCUT2D eigenvalue weighted by Gasteiger charge is -2.40. The molecule has 0 aromatic heterocycles. The Kier molecular flexibility index (Phi) is 3.96. The van der Waals surface area contributed by atoms with Gasteiger partial charge in [0.15, 0.2) is 0 Å². The number of rotatable bonds is 4. The molecular weight excluding hydrogens is 255 g/mol. The van der Waals surface area contributed by atoms with Crippen molar-refractivity contribution in [2.45, 2.75) is 33.3 Å². The lowest BCUT2D eigenvalue weighted by Crippen LogP contribution is -2.45. The van der Waals surface area contributed by atoms with Gasteiger partial charge in [-0.2, -0.15) is 0 Å². The lowest BCUT2D eigenvalue weighted by atomic mass is 9.75. The van der Waals surface area contributed by atoms with Crippen LogP contribution in [-0.4, -0.2) is 10.7 Å². The Labute approximate surface area is 112 Å². The van der Waals surface area contributed by atoms with Gasteiger partial charge in [-0.25, -0.2) is 4.39 Å². The highest BCUT2D eigenvalue weighted by Crippen LogP contribution is 2.39. The van der Waals surface area contributed by atoms with Crippen molar-refractivity contribution in [1.29, 1.82) is 0 Å². The zero-order valence-corrected chi connectivity index (χ0v) is 11.8. The summed E-state index contributed by atoms with van der Waals surface area (Å²) in [6.07, 6.45) is 0. The molecule has 0 aliphatic carbocycles. The van der Waals surface area contributed by atoms with E-state index in [4.69, 9.17) is 16.3 Å². The number of ether oxygens (including phenoxy) is 1. The van der Waals surface area contributed by atoms with Crippen molar-refractivity contribution in [3.05, 3.63) is 41.4 Å². The molecule has 0 fully saturated rings. The van der Waals surface area contributed by atoms with Gasteiger partial charge in [0.05, 0.1) is 11.2 Å². The minimum Gasteiger partial charge on any atom is -0.512 e. The average molecular weight is 273 g/mol. The predicted octanol–water partition coefficient (Wildman–Crippen LogP) is 4.73. The maximum absolute atomic E-state index is 13.2. The lowest BCUT2D eigenvalue weighted by molar-refractivity contribution is -0.0102. The Balaban J connectivity index is 3.05. The Bertz CT molecular complexity index is 447. The normalized spacial score (nSPS) is 12.3. The summed E-state index contributed by atoms with van der Waals surface area (Å²) in [5.41, 5.74) is -1.46. The number of hydrogen-bond donors (Lipinski definition) is 1. The molecule has 0 atom stereocenters. The summed E-state index contributed by atoms with van der Waals surface area (Å²) < 4.78 is 19.0. The summed E-state index contributed by atoms with van der Waals surface area (Å²) >= 11 is 5.77. The summed E-state index contributed by atoms with van der Waals surface area (Å²) in [5.74, 6) is -0.136. The van der Waals surface area contributed by atoms with Crippen molar-refractivity contribution in [2.75, 3.05) is 0 Å². The van der Waals surface area contributed by atoms with Gasteiger partial charge in [0.2, 0.25) is 0 Å². The Hall–Kier alpha value is -1.22. The van der Waals surface area contributed by atoms with Gasteiger partial charge in [-0.1, -0.05) is 18.2 Å². The number of hydrogen-bond acceptors (Lipinski definition) is 2. The van der Waals surface area contributed by atoms with E-state index in [1.54, 1.807) is 27.7 Å². The third-order valence-electron chi connectivity index (χ3n) is 3.44. The molecule has 1 N–H and O–H groups in total. The topological polar surface area (TPSA) is 29.5 Å². The molecule has 0 saturated heterocycles.